The highest BCUT2D eigenvalue weighted by molar-refractivity contribution is 7.87. The van der Waals surface area contributed by atoms with Gasteiger partial charge < -0.3 is 9.47 Å². The summed E-state index contributed by atoms with van der Waals surface area (Å²) < 4.78 is 40.3. The zero-order valence-electron chi connectivity index (χ0n) is 15.3. The number of nitrogens with zero attached hydrogens (tertiary/aromatic N) is 1. The molecule has 2 rings (SSSR count). The van der Waals surface area contributed by atoms with Crippen LogP contribution in [-0.4, -0.2) is 45.6 Å². The second kappa shape index (κ2) is 9.99. The van der Waals surface area contributed by atoms with Gasteiger partial charge in [-0.2, -0.15) is 12.7 Å². The van der Waals surface area contributed by atoms with E-state index >= 15 is 0 Å². The van der Waals surface area contributed by atoms with E-state index < -0.39 is 10.2 Å². The first-order chi connectivity index (χ1) is 12.1. The summed E-state index contributed by atoms with van der Waals surface area (Å²) in [5.74, 6) is 1.43. The fourth-order valence-electron chi connectivity index (χ4n) is 2.95. The predicted octanol–water partition coefficient (Wildman–Crippen LogP) is 2.74. The van der Waals surface area contributed by atoms with E-state index in [9.17, 15) is 8.42 Å². The van der Waals surface area contributed by atoms with Crippen LogP contribution < -0.4 is 14.2 Å². The van der Waals surface area contributed by atoms with Crippen LogP contribution in [0.25, 0.3) is 0 Å². The Morgan fingerprint density at radius 1 is 1.00 bits per heavy atom. The molecule has 1 fully saturated rings. The molecule has 0 amide bonds. The lowest BCUT2D eigenvalue weighted by molar-refractivity contribution is 0.287. The van der Waals surface area contributed by atoms with E-state index in [1.54, 1.807) is 4.31 Å². The van der Waals surface area contributed by atoms with E-state index in [0.717, 1.165) is 37.0 Å². The Hall–Kier alpha value is -1.31. The third-order valence-electron chi connectivity index (χ3n) is 4.21. The van der Waals surface area contributed by atoms with Crippen LogP contribution in [0.15, 0.2) is 18.2 Å². The highest BCUT2D eigenvalue weighted by Crippen LogP contribution is 2.28. The molecule has 0 aliphatic carbocycles. The molecule has 1 N–H and O–H groups in total. The largest absolute Gasteiger partial charge is 0.490 e. The quantitative estimate of drug-likeness (QED) is 0.726. The van der Waals surface area contributed by atoms with E-state index in [4.69, 9.17) is 9.47 Å². The van der Waals surface area contributed by atoms with Crippen molar-refractivity contribution in [2.45, 2.75) is 46.0 Å². The smallest absolute Gasteiger partial charge is 0.279 e. The highest BCUT2D eigenvalue weighted by Gasteiger charge is 2.22. The van der Waals surface area contributed by atoms with Crippen LogP contribution in [0.5, 0.6) is 11.5 Å². The Labute approximate surface area is 151 Å². The van der Waals surface area contributed by atoms with E-state index in [0.29, 0.717) is 45.0 Å². The summed E-state index contributed by atoms with van der Waals surface area (Å²) in [6, 6.07) is 5.76. The molecule has 7 heteroatoms. The van der Waals surface area contributed by atoms with E-state index in [1.165, 1.54) is 0 Å². The SMILES string of the molecule is CCOc1ccc(CCNS(=O)(=O)N2CCCCCC2)cc1OCC. The summed E-state index contributed by atoms with van der Waals surface area (Å²) in [5, 5.41) is 0. The van der Waals surface area contributed by atoms with Crippen molar-refractivity contribution in [3.63, 3.8) is 0 Å². The minimum Gasteiger partial charge on any atom is -0.490 e. The molecule has 1 aliphatic heterocycles. The van der Waals surface area contributed by atoms with Gasteiger partial charge >= 0.3 is 0 Å². The Balaban J connectivity index is 1.92. The van der Waals surface area contributed by atoms with Gasteiger partial charge in [0.25, 0.3) is 10.2 Å². The third kappa shape index (κ3) is 6.17. The van der Waals surface area contributed by atoms with Gasteiger partial charge in [-0.25, -0.2) is 4.72 Å². The van der Waals surface area contributed by atoms with Crippen LogP contribution in [0, 0.1) is 0 Å². The molecule has 1 saturated heterocycles. The molecule has 1 aromatic rings. The molecule has 0 bridgehead atoms. The van der Waals surface area contributed by atoms with Gasteiger partial charge in [-0.15, -0.1) is 0 Å². The van der Waals surface area contributed by atoms with Crippen LogP contribution in [0.1, 0.15) is 45.1 Å². The van der Waals surface area contributed by atoms with Gasteiger partial charge in [0.15, 0.2) is 11.5 Å². The molecule has 6 nitrogen and oxygen atoms in total. The third-order valence-corrected chi connectivity index (χ3v) is 5.82. The minimum atomic E-state index is -3.39. The van der Waals surface area contributed by atoms with Crippen molar-refractivity contribution < 1.29 is 17.9 Å². The second-order valence-corrected chi connectivity index (χ2v) is 7.86. The first-order valence-electron chi connectivity index (χ1n) is 9.20. The van der Waals surface area contributed by atoms with E-state index in [-0.39, 0.29) is 0 Å². The summed E-state index contributed by atoms with van der Waals surface area (Å²) in [4.78, 5) is 0. The second-order valence-electron chi connectivity index (χ2n) is 6.11. The van der Waals surface area contributed by atoms with Crippen LogP contribution in [0.3, 0.4) is 0 Å². The number of hydrogen-bond donors (Lipinski definition) is 1. The van der Waals surface area contributed by atoms with Crippen LogP contribution in [0.4, 0.5) is 0 Å². The molecule has 0 spiro atoms. The molecule has 0 saturated carbocycles. The van der Waals surface area contributed by atoms with Crippen LogP contribution in [0.2, 0.25) is 0 Å². The predicted molar refractivity (Wildman–Crippen MR) is 99.4 cm³/mol. The fourth-order valence-corrected chi connectivity index (χ4v) is 4.23. The minimum absolute atomic E-state index is 0.373. The maximum Gasteiger partial charge on any atom is 0.279 e. The average molecular weight is 371 g/mol. The number of nitrogens with one attached hydrogen (secondary N) is 1. The Morgan fingerprint density at radius 2 is 1.64 bits per heavy atom. The maximum atomic E-state index is 12.4. The molecule has 1 heterocycles. The number of hydrogen-bond acceptors (Lipinski definition) is 4. The molecule has 25 heavy (non-hydrogen) atoms. The Morgan fingerprint density at radius 3 is 2.28 bits per heavy atom. The molecule has 0 radical (unpaired) electrons. The van der Waals surface area contributed by atoms with Crippen LogP contribution in [-0.2, 0) is 16.6 Å². The van der Waals surface area contributed by atoms with Crippen molar-refractivity contribution in [1.82, 2.24) is 9.03 Å². The summed E-state index contributed by atoms with van der Waals surface area (Å²) >= 11 is 0. The van der Waals surface area contributed by atoms with Gasteiger partial charge in [-0.05, 0) is 50.8 Å². The molecule has 0 unspecified atom stereocenters. The molecule has 142 valence electrons. The van der Waals surface area contributed by atoms with Gasteiger partial charge in [-0.1, -0.05) is 18.9 Å². The van der Waals surface area contributed by atoms with Gasteiger partial charge in [0.1, 0.15) is 0 Å². The molecule has 0 atom stereocenters. The summed E-state index contributed by atoms with van der Waals surface area (Å²) in [5.41, 5.74) is 1.02. The van der Waals surface area contributed by atoms with Crippen molar-refractivity contribution in [2.24, 2.45) is 0 Å². The topological polar surface area (TPSA) is 67.9 Å². The van der Waals surface area contributed by atoms with E-state index in [2.05, 4.69) is 4.72 Å². The standard InChI is InChI=1S/C18H30N2O4S/c1-3-23-17-10-9-16(15-18(17)24-4-2)11-12-19-25(21,22)20-13-7-5-6-8-14-20/h9-10,15,19H,3-8,11-14H2,1-2H3. The Bertz CT molecular complexity index is 626. The first-order valence-corrected chi connectivity index (χ1v) is 10.6. The van der Waals surface area contributed by atoms with Gasteiger partial charge in [-0.3, -0.25) is 0 Å². The first kappa shape index (κ1) is 20.0. The zero-order chi connectivity index (χ0) is 18.1. The van der Waals surface area contributed by atoms with Crippen molar-refractivity contribution >= 4 is 10.2 Å². The van der Waals surface area contributed by atoms with Gasteiger partial charge in [0.2, 0.25) is 0 Å². The van der Waals surface area contributed by atoms with Crippen molar-refractivity contribution in [2.75, 3.05) is 32.8 Å². The monoisotopic (exact) mass is 370 g/mol. The van der Waals surface area contributed by atoms with Gasteiger partial charge in [0.05, 0.1) is 13.2 Å². The van der Waals surface area contributed by atoms with Crippen molar-refractivity contribution in [3.8, 4) is 11.5 Å². The number of ether oxygens (including phenoxy) is 2. The lowest BCUT2D eigenvalue weighted by Crippen LogP contribution is -2.41. The number of rotatable bonds is 9. The van der Waals surface area contributed by atoms with Crippen LogP contribution >= 0.6 is 0 Å². The normalized spacial score (nSPS) is 16.4. The average Bonchev–Trinajstić information content (AvgIpc) is 2.87. The lowest BCUT2D eigenvalue weighted by Gasteiger charge is -2.20. The zero-order valence-corrected chi connectivity index (χ0v) is 16.1. The summed E-state index contributed by atoms with van der Waals surface area (Å²) in [6.45, 7) is 6.61. The summed E-state index contributed by atoms with van der Waals surface area (Å²) in [7, 11) is -3.39. The molecule has 1 aliphatic rings. The Kier molecular flexibility index (Phi) is 7.99. The van der Waals surface area contributed by atoms with E-state index in [1.807, 2.05) is 32.0 Å². The fraction of sp³-hybridized carbons (Fsp3) is 0.667. The van der Waals surface area contributed by atoms with Crippen molar-refractivity contribution in [1.29, 1.82) is 0 Å². The summed E-state index contributed by atoms with van der Waals surface area (Å²) in [6.07, 6.45) is 4.71. The molecular formula is C18H30N2O4S. The maximum absolute atomic E-state index is 12.4. The number of benzene rings is 1. The lowest BCUT2D eigenvalue weighted by atomic mass is 10.1. The van der Waals surface area contributed by atoms with Crippen molar-refractivity contribution in [3.05, 3.63) is 23.8 Å². The molecular weight excluding hydrogens is 340 g/mol. The van der Waals surface area contributed by atoms with Gasteiger partial charge in [0, 0.05) is 19.6 Å². The highest BCUT2D eigenvalue weighted by atomic mass is 32.2. The molecule has 0 aromatic heterocycles. The molecule has 1 aromatic carbocycles.